The molecule has 0 aliphatic carbocycles. The van der Waals surface area contributed by atoms with Crippen LogP contribution in [0.25, 0.3) is 5.57 Å². The highest BCUT2D eigenvalue weighted by molar-refractivity contribution is 6.32. The molecule has 1 rings (SSSR count). The highest BCUT2D eigenvalue weighted by atomic mass is 35.5. The van der Waals surface area contributed by atoms with Gasteiger partial charge in [0.2, 0.25) is 0 Å². The lowest BCUT2D eigenvalue weighted by Gasteiger charge is -2.02. The van der Waals surface area contributed by atoms with E-state index in [4.69, 9.17) is 17.3 Å². The third-order valence-corrected chi connectivity index (χ3v) is 2.12. The highest BCUT2D eigenvalue weighted by Gasteiger charge is 2.13. The maximum atomic E-state index is 10.5. The van der Waals surface area contributed by atoms with Crippen LogP contribution in [0.3, 0.4) is 0 Å². The molecule has 0 unspecified atom stereocenters. The molecule has 74 valence electrons. The number of nitrogens with two attached hydrogens (primary N) is 1. The van der Waals surface area contributed by atoms with E-state index in [1.807, 2.05) is 0 Å². The van der Waals surface area contributed by atoms with E-state index in [1.54, 1.807) is 6.07 Å². The molecule has 0 aromatic heterocycles. The Morgan fingerprint density at radius 3 is 2.79 bits per heavy atom. The Kier molecular flexibility index (Phi) is 3.22. The summed E-state index contributed by atoms with van der Waals surface area (Å²) in [6, 6.07) is 4.50. The fourth-order valence-corrected chi connectivity index (χ4v) is 1.18. The maximum absolute atomic E-state index is 10.5. The molecule has 0 bridgehead atoms. The quantitative estimate of drug-likeness (QED) is 0.617. The fraction of sp³-hybridized carbons (Fsp3) is 0.111. The van der Waals surface area contributed by atoms with Crippen molar-refractivity contribution in [2.24, 2.45) is 5.73 Å². The average Bonchev–Trinajstić information content (AvgIpc) is 2.17. The topological polar surface area (TPSA) is 69.2 Å². The normalized spacial score (nSPS) is 9.86. The molecule has 0 radical (unpaired) electrons. The number of nitro groups is 1. The zero-order chi connectivity index (χ0) is 10.7. The molecule has 1 aromatic carbocycles. The van der Waals surface area contributed by atoms with Crippen LogP contribution < -0.4 is 5.73 Å². The van der Waals surface area contributed by atoms with Crippen molar-refractivity contribution in [2.45, 2.75) is 0 Å². The smallest absolute Gasteiger partial charge is 0.288 e. The van der Waals surface area contributed by atoms with E-state index >= 15 is 0 Å². The summed E-state index contributed by atoms with van der Waals surface area (Å²) in [5.41, 5.74) is 6.53. The van der Waals surface area contributed by atoms with Gasteiger partial charge in [0, 0.05) is 12.6 Å². The van der Waals surface area contributed by atoms with E-state index in [-0.39, 0.29) is 17.3 Å². The van der Waals surface area contributed by atoms with Crippen molar-refractivity contribution in [1.82, 2.24) is 0 Å². The molecular weight excluding hydrogens is 204 g/mol. The molecule has 0 fully saturated rings. The van der Waals surface area contributed by atoms with Gasteiger partial charge in [-0.2, -0.15) is 0 Å². The highest BCUT2D eigenvalue weighted by Crippen LogP contribution is 2.27. The van der Waals surface area contributed by atoms with E-state index in [1.165, 1.54) is 12.1 Å². The minimum absolute atomic E-state index is 0.114. The zero-order valence-corrected chi connectivity index (χ0v) is 8.12. The molecule has 5 heteroatoms. The summed E-state index contributed by atoms with van der Waals surface area (Å²) in [5.74, 6) is 0. The van der Waals surface area contributed by atoms with Gasteiger partial charge in [0.25, 0.3) is 5.69 Å². The van der Waals surface area contributed by atoms with Crippen LogP contribution in [0.4, 0.5) is 5.69 Å². The minimum Gasteiger partial charge on any atom is -0.326 e. The van der Waals surface area contributed by atoms with Crippen molar-refractivity contribution in [1.29, 1.82) is 0 Å². The van der Waals surface area contributed by atoms with Crippen molar-refractivity contribution < 1.29 is 4.92 Å². The molecule has 14 heavy (non-hydrogen) atoms. The third kappa shape index (κ3) is 2.10. The minimum atomic E-state index is -0.532. The summed E-state index contributed by atoms with van der Waals surface area (Å²) in [5, 5.41) is 10.7. The number of nitro benzene ring substituents is 1. The summed E-state index contributed by atoms with van der Waals surface area (Å²) in [7, 11) is 0. The first-order valence-electron chi connectivity index (χ1n) is 3.88. The number of benzene rings is 1. The summed E-state index contributed by atoms with van der Waals surface area (Å²) in [6.07, 6.45) is 0. The van der Waals surface area contributed by atoms with Crippen LogP contribution >= 0.6 is 11.6 Å². The molecule has 2 N–H and O–H groups in total. The van der Waals surface area contributed by atoms with Gasteiger partial charge in [-0.3, -0.25) is 10.1 Å². The lowest BCUT2D eigenvalue weighted by atomic mass is 10.1. The Labute approximate surface area is 86.1 Å². The van der Waals surface area contributed by atoms with Crippen LogP contribution in [0.15, 0.2) is 24.8 Å². The Balaban J connectivity index is 3.19. The van der Waals surface area contributed by atoms with Crippen molar-refractivity contribution in [3.8, 4) is 0 Å². The molecule has 4 nitrogen and oxygen atoms in total. The first-order valence-corrected chi connectivity index (χ1v) is 4.26. The molecule has 0 heterocycles. The summed E-state index contributed by atoms with van der Waals surface area (Å²) in [6.45, 7) is 3.95. The summed E-state index contributed by atoms with van der Waals surface area (Å²) in [4.78, 5) is 10.0. The van der Waals surface area contributed by atoms with Crippen molar-refractivity contribution >= 4 is 22.9 Å². The number of hydrogen-bond donors (Lipinski definition) is 1. The van der Waals surface area contributed by atoms with Crippen molar-refractivity contribution in [3.63, 3.8) is 0 Å². The predicted molar refractivity (Wildman–Crippen MR) is 56.2 cm³/mol. The van der Waals surface area contributed by atoms with Gasteiger partial charge in [-0.25, -0.2) is 0 Å². The molecule has 0 aliphatic rings. The Morgan fingerprint density at radius 2 is 2.29 bits per heavy atom. The monoisotopic (exact) mass is 212 g/mol. The van der Waals surface area contributed by atoms with Crippen LogP contribution in [0, 0.1) is 10.1 Å². The third-order valence-electron chi connectivity index (χ3n) is 1.80. The van der Waals surface area contributed by atoms with E-state index < -0.39 is 4.92 Å². The molecule has 0 spiro atoms. The maximum Gasteiger partial charge on any atom is 0.288 e. The second-order valence-electron chi connectivity index (χ2n) is 2.73. The van der Waals surface area contributed by atoms with Gasteiger partial charge in [-0.05, 0) is 17.2 Å². The van der Waals surface area contributed by atoms with Crippen LogP contribution in [-0.4, -0.2) is 11.5 Å². The van der Waals surface area contributed by atoms with E-state index in [0.29, 0.717) is 11.1 Å². The molecular formula is C9H9ClN2O2. The van der Waals surface area contributed by atoms with Crippen molar-refractivity contribution in [2.75, 3.05) is 6.54 Å². The lowest BCUT2D eigenvalue weighted by molar-refractivity contribution is -0.384. The number of halogens is 1. The van der Waals surface area contributed by atoms with E-state index in [2.05, 4.69) is 6.58 Å². The first kappa shape index (κ1) is 10.7. The van der Waals surface area contributed by atoms with Crippen LogP contribution in [0.5, 0.6) is 0 Å². The Hall–Kier alpha value is -1.39. The molecule has 1 aromatic rings. The zero-order valence-electron chi connectivity index (χ0n) is 7.37. The van der Waals surface area contributed by atoms with Gasteiger partial charge < -0.3 is 5.73 Å². The summed E-state index contributed by atoms with van der Waals surface area (Å²) < 4.78 is 0. The molecule has 0 saturated heterocycles. The molecule has 0 aliphatic heterocycles. The fourth-order valence-electron chi connectivity index (χ4n) is 0.990. The second kappa shape index (κ2) is 4.21. The van der Waals surface area contributed by atoms with Crippen molar-refractivity contribution in [3.05, 3.63) is 45.5 Å². The van der Waals surface area contributed by atoms with Crippen LogP contribution in [-0.2, 0) is 0 Å². The van der Waals surface area contributed by atoms with Gasteiger partial charge >= 0.3 is 0 Å². The average molecular weight is 213 g/mol. The SMILES string of the molecule is C=C(CN)c1ccc(Cl)c([N+](=O)[O-])c1. The Morgan fingerprint density at radius 1 is 1.64 bits per heavy atom. The van der Waals surface area contributed by atoms with Gasteiger partial charge in [0.1, 0.15) is 5.02 Å². The standard InChI is InChI=1S/C9H9ClN2O2/c1-6(5-11)7-2-3-8(10)9(4-7)12(13)14/h2-4H,1,5,11H2. The molecule has 0 saturated carbocycles. The number of hydrogen-bond acceptors (Lipinski definition) is 3. The van der Waals surface area contributed by atoms with E-state index in [9.17, 15) is 10.1 Å². The first-order chi connectivity index (χ1) is 6.56. The number of nitrogens with zero attached hydrogens (tertiary/aromatic N) is 1. The largest absolute Gasteiger partial charge is 0.326 e. The lowest BCUT2D eigenvalue weighted by Crippen LogP contribution is -2.01. The van der Waals surface area contributed by atoms with Gasteiger partial charge in [0.05, 0.1) is 4.92 Å². The molecule has 0 amide bonds. The van der Waals surface area contributed by atoms with Gasteiger partial charge in [-0.1, -0.05) is 24.2 Å². The van der Waals surface area contributed by atoms with Crippen LogP contribution in [0.1, 0.15) is 5.56 Å². The van der Waals surface area contributed by atoms with E-state index in [0.717, 1.165) is 0 Å². The predicted octanol–water partition coefficient (Wildman–Crippen LogP) is 2.22. The second-order valence-corrected chi connectivity index (χ2v) is 3.14. The molecule has 0 atom stereocenters. The van der Waals surface area contributed by atoms with Gasteiger partial charge in [0.15, 0.2) is 0 Å². The Bertz CT molecular complexity index is 390. The van der Waals surface area contributed by atoms with Gasteiger partial charge in [-0.15, -0.1) is 0 Å². The van der Waals surface area contributed by atoms with Crippen LogP contribution in [0.2, 0.25) is 5.02 Å². The number of rotatable bonds is 3. The summed E-state index contributed by atoms with van der Waals surface area (Å²) >= 11 is 5.64.